The van der Waals surface area contributed by atoms with E-state index in [9.17, 15) is 4.79 Å². The molecule has 3 N–H and O–H groups in total. The fraction of sp³-hybridized carbons (Fsp3) is 0.440. The standard InChI is InChI=1S/C25H33N3O2/c1-25(2,3)30-24(29)28(22-15-13-21(14-16-22)23(26)27)17-18-9-11-20(12-10-18)19-7-5-4-6-8-19/h9-16,19H,4-8,17H2,1-3H3,(H3,26,27). The molecule has 1 aliphatic rings. The molecule has 2 aromatic carbocycles. The molecule has 160 valence electrons. The molecule has 0 heterocycles. The number of hydrogen-bond acceptors (Lipinski definition) is 3. The van der Waals surface area contributed by atoms with E-state index >= 15 is 0 Å². The second-order valence-corrected chi connectivity index (χ2v) is 9.10. The van der Waals surface area contributed by atoms with Crippen molar-refractivity contribution >= 4 is 17.6 Å². The summed E-state index contributed by atoms with van der Waals surface area (Å²) < 4.78 is 5.64. The molecular formula is C25H33N3O2. The van der Waals surface area contributed by atoms with Gasteiger partial charge in [0.1, 0.15) is 11.4 Å². The second-order valence-electron chi connectivity index (χ2n) is 9.10. The average molecular weight is 408 g/mol. The first-order valence-electron chi connectivity index (χ1n) is 10.8. The van der Waals surface area contributed by atoms with E-state index in [-0.39, 0.29) is 5.84 Å². The highest BCUT2D eigenvalue weighted by Gasteiger charge is 2.24. The number of nitrogens with zero attached hydrogens (tertiary/aromatic N) is 1. The van der Waals surface area contributed by atoms with E-state index in [4.69, 9.17) is 15.9 Å². The van der Waals surface area contributed by atoms with Gasteiger partial charge < -0.3 is 10.5 Å². The quantitative estimate of drug-likeness (QED) is 0.474. The molecule has 1 aliphatic carbocycles. The first kappa shape index (κ1) is 21.9. The maximum Gasteiger partial charge on any atom is 0.415 e. The van der Waals surface area contributed by atoms with Gasteiger partial charge in [0, 0.05) is 11.3 Å². The fourth-order valence-electron chi connectivity index (χ4n) is 3.91. The molecule has 0 unspecified atom stereocenters. The number of nitrogen functional groups attached to an aromatic ring is 1. The second kappa shape index (κ2) is 9.33. The lowest BCUT2D eigenvalue weighted by molar-refractivity contribution is 0.0577. The first-order valence-corrected chi connectivity index (χ1v) is 10.8. The summed E-state index contributed by atoms with van der Waals surface area (Å²) in [6.45, 7) is 6.00. The molecule has 0 spiro atoms. The average Bonchev–Trinajstić information content (AvgIpc) is 2.72. The predicted molar refractivity (Wildman–Crippen MR) is 122 cm³/mol. The normalized spacial score (nSPS) is 14.9. The Morgan fingerprint density at radius 2 is 1.63 bits per heavy atom. The molecule has 30 heavy (non-hydrogen) atoms. The Kier molecular flexibility index (Phi) is 6.80. The van der Waals surface area contributed by atoms with Crippen molar-refractivity contribution in [2.75, 3.05) is 4.90 Å². The van der Waals surface area contributed by atoms with Crippen LogP contribution in [0, 0.1) is 5.41 Å². The maximum atomic E-state index is 12.9. The van der Waals surface area contributed by atoms with Gasteiger partial charge >= 0.3 is 6.09 Å². The summed E-state index contributed by atoms with van der Waals surface area (Å²) in [5.41, 5.74) is 8.76. The number of ether oxygens (including phenoxy) is 1. The van der Waals surface area contributed by atoms with Crippen molar-refractivity contribution in [1.82, 2.24) is 0 Å². The summed E-state index contributed by atoms with van der Waals surface area (Å²) >= 11 is 0. The molecule has 5 nitrogen and oxygen atoms in total. The van der Waals surface area contributed by atoms with Crippen LogP contribution in [0.2, 0.25) is 0 Å². The Labute approximate surface area is 179 Å². The van der Waals surface area contributed by atoms with Gasteiger partial charge in [0.05, 0.1) is 6.54 Å². The Hall–Kier alpha value is -2.82. The third-order valence-corrected chi connectivity index (χ3v) is 5.50. The lowest BCUT2D eigenvalue weighted by atomic mass is 9.84. The molecule has 1 amide bonds. The zero-order chi connectivity index (χ0) is 21.7. The summed E-state index contributed by atoms with van der Waals surface area (Å²) in [4.78, 5) is 14.6. The molecule has 3 rings (SSSR count). The minimum Gasteiger partial charge on any atom is -0.443 e. The number of nitrogens with one attached hydrogen (secondary N) is 1. The van der Waals surface area contributed by atoms with Gasteiger partial charge in [0.2, 0.25) is 0 Å². The molecule has 0 aromatic heterocycles. The molecule has 5 heteroatoms. The van der Waals surface area contributed by atoms with E-state index in [1.165, 1.54) is 37.7 Å². The van der Waals surface area contributed by atoms with Crippen LogP contribution in [0.4, 0.5) is 10.5 Å². The topological polar surface area (TPSA) is 79.4 Å². The first-order chi connectivity index (χ1) is 14.2. The van der Waals surface area contributed by atoms with Gasteiger partial charge in [-0.1, -0.05) is 43.5 Å². The number of rotatable bonds is 5. The SMILES string of the molecule is CC(C)(C)OC(=O)N(Cc1ccc(C2CCCCC2)cc1)c1ccc(C(=N)N)cc1. The van der Waals surface area contributed by atoms with Crippen LogP contribution in [0.5, 0.6) is 0 Å². The largest absolute Gasteiger partial charge is 0.443 e. The Morgan fingerprint density at radius 3 is 2.17 bits per heavy atom. The Morgan fingerprint density at radius 1 is 1.03 bits per heavy atom. The summed E-state index contributed by atoms with van der Waals surface area (Å²) in [5.74, 6) is 0.664. The van der Waals surface area contributed by atoms with Crippen LogP contribution in [0.25, 0.3) is 0 Å². The van der Waals surface area contributed by atoms with Crippen LogP contribution < -0.4 is 10.6 Å². The molecule has 0 aliphatic heterocycles. The minimum absolute atomic E-state index is 0.00340. The van der Waals surface area contributed by atoms with Crippen molar-refractivity contribution in [3.05, 3.63) is 65.2 Å². The predicted octanol–water partition coefficient (Wildman–Crippen LogP) is 5.96. The van der Waals surface area contributed by atoms with Crippen LogP contribution in [-0.2, 0) is 11.3 Å². The van der Waals surface area contributed by atoms with Gasteiger partial charge in [0.25, 0.3) is 0 Å². The molecule has 0 bridgehead atoms. The number of amidine groups is 1. The number of anilines is 1. The van der Waals surface area contributed by atoms with Crippen molar-refractivity contribution < 1.29 is 9.53 Å². The van der Waals surface area contributed by atoms with Crippen molar-refractivity contribution in [2.45, 2.75) is 70.9 Å². The van der Waals surface area contributed by atoms with Gasteiger partial charge in [-0.15, -0.1) is 0 Å². The Balaban J connectivity index is 1.81. The summed E-state index contributed by atoms with van der Waals surface area (Å²) in [6, 6.07) is 15.8. The van der Waals surface area contributed by atoms with E-state index in [1.807, 2.05) is 20.8 Å². The third kappa shape index (κ3) is 5.85. The van der Waals surface area contributed by atoms with Crippen LogP contribution in [-0.4, -0.2) is 17.5 Å². The lowest BCUT2D eigenvalue weighted by Gasteiger charge is -2.28. The van der Waals surface area contributed by atoms with Crippen molar-refractivity contribution in [1.29, 1.82) is 5.41 Å². The fourth-order valence-corrected chi connectivity index (χ4v) is 3.91. The van der Waals surface area contributed by atoms with E-state index in [0.29, 0.717) is 23.7 Å². The number of carbonyl (C=O) groups is 1. The van der Waals surface area contributed by atoms with E-state index in [2.05, 4.69) is 24.3 Å². The molecule has 0 saturated heterocycles. The summed E-state index contributed by atoms with van der Waals surface area (Å²) in [5, 5.41) is 7.57. The van der Waals surface area contributed by atoms with Crippen molar-refractivity contribution in [3.63, 3.8) is 0 Å². The van der Waals surface area contributed by atoms with Gasteiger partial charge in [-0.2, -0.15) is 0 Å². The zero-order valence-corrected chi connectivity index (χ0v) is 18.3. The molecule has 1 fully saturated rings. The van der Waals surface area contributed by atoms with E-state index in [0.717, 1.165) is 5.56 Å². The molecule has 0 radical (unpaired) electrons. The van der Waals surface area contributed by atoms with Crippen molar-refractivity contribution in [2.24, 2.45) is 5.73 Å². The molecule has 0 atom stereocenters. The van der Waals surface area contributed by atoms with Gasteiger partial charge in [-0.25, -0.2) is 4.79 Å². The highest BCUT2D eigenvalue weighted by molar-refractivity contribution is 5.96. The number of nitrogens with two attached hydrogens (primary N) is 1. The van der Waals surface area contributed by atoms with Gasteiger partial charge in [-0.3, -0.25) is 10.3 Å². The Bertz CT molecular complexity index is 861. The highest BCUT2D eigenvalue weighted by atomic mass is 16.6. The molecule has 1 saturated carbocycles. The monoisotopic (exact) mass is 407 g/mol. The lowest BCUT2D eigenvalue weighted by Crippen LogP contribution is -2.36. The third-order valence-electron chi connectivity index (χ3n) is 5.50. The maximum absolute atomic E-state index is 12.9. The zero-order valence-electron chi connectivity index (χ0n) is 18.3. The minimum atomic E-state index is -0.584. The molecule has 2 aromatic rings. The van der Waals surface area contributed by atoms with Crippen LogP contribution in [0.15, 0.2) is 48.5 Å². The smallest absolute Gasteiger partial charge is 0.415 e. The number of benzene rings is 2. The van der Waals surface area contributed by atoms with Crippen molar-refractivity contribution in [3.8, 4) is 0 Å². The number of amides is 1. The molecular weight excluding hydrogens is 374 g/mol. The van der Waals surface area contributed by atoms with Gasteiger partial charge in [0.15, 0.2) is 0 Å². The van der Waals surface area contributed by atoms with Crippen LogP contribution in [0.3, 0.4) is 0 Å². The van der Waals surface area contributed by atoms with Crippen LogP contribution in [0.1, 0.15) is 75.5 Å². The van der Waals surface area contributed by atoms with E-state index < -0.39 is 11.7 Å². The number of carbonyl (C=O) groups excluding carboxylic acids is 1. The highest BCUT2D eigenvalue weighted by Crippen LogP contribution is 2.33. The van der Waals surface area contributed by atoms with Crippen LogP contribution >= 0.6 is 0 Å². The summed E-state index contributed by atoms with van der Waals surface area (Å²) in [6.07, 6.45) is 6.12. The summed E-state index contributed by atoms with van der Waals surface area (Å²) in [7, 11) is 0. The van der Waals surface area contributed by atoms with Gasteiger partial charge in [-0.05, 0) is 74.9 Å². The number of hydrogen-bond donors (Lipinski definition) is 2. The van der Waals surface area contributed by atoms with E-state index in [1.54, 1.807) is 29.2 Å².